The van der Waals surface area contributed by atoms with E-state index >= 15 is 0 Å². The van der Waals surface area contributed by atoms with Gasteiger partial charge < -0.3 is 4.98 Å². The van der Waals surface area contributed by atoms with Crippen molar-refractivity contribution in [3.8, 4) is 0 Å². The first-order chi connectivity index (χ1) is 7.38. The summed E-state index contributed by atoms with van der Waals surface area (Å²) in [7, 11) is 0. The molecular weight excluding hydrogens is 223 g/mol. The van der Waals surface area contributed by atoms with Gasteiger partial charge in [-0.2, -0.15) is 13.2 Å². The first kappa shape index (κ1) is 10.6. The lowest BCUT2D eigenvalue weighted by Crippen LogP contribution is -2.13. The largest absolute Gasteiger partial charge is 0.433 e. The molecule has 0 unspecified atom stereocenters. The summed E-state index contributed by atoms with van der Waals surface area (Å²) in [4.78, 5) is 20.8. The van der Waals surface area contributed by atoms with Gasteiger partial charge in [0.15, 0.2) is 5.65 Å². The van der Waals surface area contributed by atoms with Crippen molar-refractivity contribution in [2.75, 3.05) is 0 Å². The molecular formula is C9H6F3N3O. The Morgan fingerprint density at radius 1 is 1.25 bits per heavy atom. The Balaban J connectivity index is 2.76. The maximum absolute atomic E-state index is 12.3. The average molecular weight is 229 g/mol. The lowest BCUT2D eigenvalue weighted by atomic mass is 10.3. The highest BCUT2D eigenvalue weighted by molar-refractivity contribution is 5.73. The van der Waals surface area contributed by atoms with Crippen LogP contribution in [-0.4, -0.2) is 15.0 Å². The van der Waals surface area contributed by atoms with E-state index in [9.17, 15) is 18.0 Å². The van der Waals surface area contributed by atoms with E-state index in [-0.39, 0.29) is 16.9 Å². The van der Waals surface area contributed by atoms with Gasteiger partial charge in [0.1, 0.15) is 11.5 Å². The molecule has 4 nitrogen and oxygen atoms in total. The lowest BCUT2D eigenvalue weighted by Gasteiger charge is -2.05. The van der Waals surface area contributed by atoms with Gasteiger partial charge in [-0.3, -0.25) is 4.79 Å². The van der Waals surface area contributed by atoms with Crippen LogP contribution in [0.5, 0.6) is 0 Å². The van der Waals surface area contributed by atoms with Gasteiger partial charge >= 0.3 is 6.18 Å². The van der Waals surface area contributed by atoms with Gasteiger partial charge in [0.05, 0.1) is 5.39 Å². The normalized spacial score (nSPS) is 12.0. The molecule has 0 bridgehead atoms. The molecule has 2 rings (SSSR count). The molecule has 0 atom stereocenters. The quantitative estimate of drug-likeness (QED) is 0.747. The number of pyridine rings is 1. The summed E-state index contributed by atoms with van der Waals surface area (Å²) in [6, 6.07) is 1.82. The number of rotatable bonds is 0. The fourth-order valence-corrected chi connectivity index (χ4v) is 1.29. The van der Waals surface area contributed by atoms with Crippen LogP contribution in [0, 0.1) is 6.92 Å². The zero-order chi connectivity index (χ0) is 11.9. The SMILES string of the molecule is Cc1nc2nc(C(F)(F)F)ccc2c(=O)[nH]1. The third-order valence-electron chi connectivity index (χ3n) is 1.98. The number of hydrogen-bond acceptors (Lipinski definition) is 3. The van der Waals surface area contributed by atoms with E-state index < -0.39 is 17.4 Å². The smallest absolute Gasteiger partial charge is 0.310 e. The van der Waals surface area contributed by atoms with Crippen LogP contribution in [0.1, 0.15) is 11.5 Å². The van der Waals surface area contributed by atoms with Crippen LogP contribution in [0.25, 0.3) is 11.0 Å². The van der Waals surface area contributed by atoms with Crippen LogP contribution >= 0.6 is 0 Å². The molecule has 16 heavy (non-hydrogen) atoms. The molecule has 0 fully saturated rings. The molecule has 0 radical (unpaired) electrons. The fourth-order valence-electron chi connectivity index (χ4n) is 1.29. The Kier molecular flexibility index (Phi) is 2.18. The molecule has 0 spiro atoms. The third-order valence-corrected chi connectivity index (χ3v) is 1.98. The second-order valence-electron chi connectivity index (χ2n) is 3.22. The van der Waals surface area contributed by atoms with Crippen LogP contribution < -0.4 is 5.56 Å². The van der Waals surface area contributed by atoms with Gasteiger partial charge in [0.2, 0.25) is 0 Å². The predicted molar refractivity (Wildman–Crippen MR) is 49.9 cm³/mol. The predicted octanol–water partition coefficient (Wildman–Crippen LogP) is 1.65. The van der Waals surface area contributed by atoms with Crippen LogP contribution in [0.15, 0.2) is 16.9 Å². The van der Waals surface area contributed by atoms with Crippen LogP contribution in [0.3, 0.4) is 0 Å². The summed E-state index contributed by atoms with van der Waals surface area (Å²) in [6.07, 6.45) is -4.54. The second kappa shape index (κ2) is 3.29. The molecule has 0 saturated carbocycles. The molecule has 2 aromatic rings. The summed E-state index contributed by atoms with van der Waals surface area (Å²) in [6.45, 7) is 1.47. The van der Waals surface area contributed by atoms with Gasteiger partial charge in [-0.05, 0) is 19.1 Å². The van der Waals surface area contributed by atoms with E-state index in [2.05, 4.69) is 15.0 Å². The van der Waals surface area contributed by atoms with Crippen molar-refractivity contribution in [2.24, 2.45) is 0 Å². The van der Waals surface area contributed by atoms with Gasteiger partial charge in [-0.25, -0.2) is 9.97 Å². The van der Waals surface area contributed by atoms with Crippen molar-refractivity contribution in [1.82, 2.24) is 15.0 Å². The summed E-state index contributed by atoms with van der Waals surface area (Å²) in [5, 5.41) is 0.0404. The zero-order valence-electron chi connectivity index (χ0n) is 8.09. The molecule has 7 heteroatoms. The number of nitrogens with one attached hydrogen (secondary N) is 1. The molecule has 0 aliphatic carbocycles. The van der Waals surface area contributed by atoms with Gasteiger partial charge in [0, 0.05) is 0 Å². The minimum atomic E-state index is -4.54. The van der Waals surface area contributed by atoms with Crippen molar-refractivity contribution >= 4 is 11.0 Å². The van der Waals surface area contributed by atoms with Crippen LogP contribution in [0.4, 0.5) is 13.2 Å². The van der Waals surface area contributed by atoms with Gasteiger partial charge in [-0.1, -0.05) is 0 Å². The van der Waals surface area contributed by atoms with E-state index in [4.69, 9.17) is 0 Å². The van der Waals surface area contributed by atoms with E-state index in [0.29, 0.717) is 0 Å². The number of nitrogens with zero attached hydrogens (tertiary/aromatic N) is 2. The Morgan fingerprint density at radius 2 is 1.94 bits per heavy atom. The molecule has 0 aromatic carbocycles. The van der Waals surface area contributed by atoms with E-state index in [1.165, 1.54) is 6.92 Å². The molecule has 2 aromatic heterocycles. The molecule has 0 saturated heterocycles. The first-order valence-corrected chi connectivity index (χ1v) is 4.33. The van der Waals surface area contributed by atoms with E-state index in [1.807, 2.05) is 0 Å². The monoisotopic (exact) mass is 229 g/mol. The molecule has 2 heterocycles. The number of H-pyrrole nitrogens is 1. The number of alkyl halides is 3. The Morgan fingerprint density at radius 3 is 2.56 bits per heavy atom. The highest BCUT2D eigenvalue weighted by Gasteiger charge is 2.32. The minimum Gasteiger partial charge on any atom is -0.310 e. The maximum atomic E-state index is 12.3. The summed E-state index contributed by atoms with van der Waals surface area (Å²) < 4.78 is 37.0. The number of halogens is 3. The minimum absolute atomic E-state index is 0.0404. The van der Waals surface area contributed by atoms with Crippen LogP contribution in [-0.2, 0) is 6.18 Å². The van der Waals surface area contributed by atoms with Crippen LogP contribution in [0.2, 0.25) is 0 Å². The molecule has 84 valence electrons. The van der Waals surface area contributed by atoms with Crippen molar-refractivity contribution in [1.29, 1.82) is 0 Å². The lowest BCUT2D eigenvalue weighted by molar-refractivity contribution is -0.141. The van der Waals surface area contributed by atoms with Gasteiger partial charge in [-0.15, -0.1) is 0 Å². The third kappa shape index (κ3) is 1.75. The number of aromatic nitrogens is 3. The van der Waals surface area contributed by atoms with Gasteiger partial charge in [0.25, 0.3) is 5.56 Å². The Labute approximate surface area is 87.2 Å². The second-order valence-corrected chi connectivity index (χ2v) is 3.22. The summed E-state index contributed by atoms with van der Waals surface area (Å²) in [5.41, 5.74) is -1.75. The Hall–Kier alpha value is -1.92. The van der Waals surface area contributed by atoms with Crippen molar-refractivity contribution in [3.63, 3.8) is 0 Å². The first-order valence-electron chi connectivity index (χ1n) is 4.33. The molecule has 0 amide bonds. The molecule has 0 aliphatic heterocycles. The van der Waals surface area contributed by atoms with Crippen molar-refractivity contribution < 1.29 is 13.2 Å². The fraction of sp³-hybridized carbons (Fsp3) is 0.222. The van der Waals surface area contributed by atoms with Crippen molar-refractivity contribution in [2.45, 2.75) is 13.1 Å². The highest BCUT2D eigenvalue weighted by Crippen LogP contribution is 2.27. The topological polar surface area (TPSA) is 58.6 Å². The zero-order valence-corrected chi connectivity index (χ0v) is 8.09. The molecule has 0 aliphatic rings. The van der Waals surface area contributed by atoms with E-state index in [0.717, 1.165) is 12.1 Å². The number of fused-ring (bicyclic) bond motifs is 1. The standard InChI is InChI=1S/C9H6F3N3O/c1-4-13-7-5(8(16)14-4)2-3-6(15-7)9(10,11)12/h2-3H,1H3,(H,13,14,15,16). The highest BCUT2D eigenvalue weighted by atomic mass is 19.4. The number of aryl methyl sites for hydroxylation is 1. The Bertz CT molecular complexity index is 603. The summed E-state index contributed by atoms with van der Waals surface area (Å²) in [5.74, 6) is 0.226. The summed E-state index contributed by atoms with van der Waals surface area (Å²) >= 11 is 0. The molecule has 1 N–H and O–H groups in total. The van der Waals surface area contributed by atoms with Crippen molar-refractivity contribution in [3.05, 3.63) is 34.0 Å². The number of hydrogen-bond donors (Lipinski definition) is 1. The van der Waals surface area contributed by atoms with E-state index in [1.54, 1.807) is 0 Å². The number of aromatic amines is 1. The maximum Gasteiger partial charge on any atom is 0.433 e. The average Bonchev–Trinajstić information content (AvgIpc) is 2.15.